The van der Waals surface area contributed by atoms with Gasteiger partial charge in [-0.2, -0.15) is 0 Å². The van der Waals surface area contributed by atoms with Crippen LogP contribution in [-0.2, 0) is 7.05 Å². The summed E-state index contributed by atoms with van der Waals surface area (Å²) in [5.74, 6) is 2.31. The van der Waals surface area contributed by atoms with E-state index in [9.17, 15) is 4.79 Å². The molecule has 2 fully saturated rings. The Morgan fingerprint density at radius 1 is 1.36 bits per heavy atom. The summed E-state index contributed by atoms with van der Waals surface area (Å²) in [7, 11) is 1.97. The van der Waals surface area contributed by atoms with Crippen LogP contribution in [0.25, 0.3) is 0 Å². The van der Waals surface area contributed by atoms with Gasteiger partial charge < -0.3 is 19.5 Å². The minimum atomic E-state index is -0.0241. The minimum absolute atomic E-state index is 0.00393. The Labute approximate surface area is 147 Å². The summed E-state index contributed by atoms with van der Waals surface area (Å²) in [5.41, 5.74) is 1.17. The van der Waals surface area contributed by atoms with Crippen LogP contribution < -0.4 is 10.1 Å². The number of amides is 2. The van der Waals surface area contributed by atoms with E-state index in [1.807, 2.05) is 49.0 Å². The number of hydrogen-bond acceptors (Lipinski definition) is 3. The molecular weight excluding hydrogens is 316 g/mol. The summed E-state index contributed by atoms with van der Waals surface area (Å²) in [4.78, 5) is 18.8. The van der Waals surface area contributed by atoms with Gasteiger partial charge >= 0.3 is 6.03 Å². The molecule has 1 atom stereocenters. The van der Waals surface area contributed by atoms with Gasteiger partial charge in [0.15, 0.2) is 0 Å². The molecule has 2 aromatic rings. The predicted octanol–water partition coefficient (Wildman–Crippen LogP) is 2.65. The molecule has 0 bridgehead atoms. The number of nitrogens with one attached hydrogen (secondary N) is 1. The molecule has 1 aliphatic carbocycles. The lowest BCUT2D eigenvalue weighted by Gasteiger charge is -2.39. The highest BCUT2D eigenvalue weighted by atomic mass is 16.5. The number of ether oxygens (including phenoxy) is 1. The molecule has 2 aliphatic rings. The quantitative estimate of drug-likeness (QED) is 0.910. The summed E-state index contributed by atoms with van der Waals surface area (Å²) < 4.78 is 7.92. The van der Waals surface area contributed by atoms with Crippen molar-refractivity contribution < 1.29 is 9.53 Å². The van der Waals surface area contributed by atoms with Gasteiger partial charge in [-0.15, -0.1) is 0 Å². The average molecular weight is 340 g/mol. The molecule has 1 saturated heterocycles. The Bertz CT molecular complexity index is 762. The zero-order chi connectivity index (χ0) is 17.4. The molecule has 132 valence electrons. The Kier molecular flexibility index (Phi) is 4.11. The number of nitrogens with zero attached hydrogens (tertiary/aromatic N) is 3. The van der Waals surface area contributed by atoms with Gasteiger partial charge in [-0.3, -0.25) is 0 Å². The minimum Gasteiger partial charge on any atom is -0.487 e. The van der Waals surface area contributed by atoms with E-state index in [0.717, 1.165) is 24.4 Å². The number of imidazole rings is 1. The highest BCUT2D eigenvalue weighted by Gasteiger charge is 2.39. The van der Waals surface area contributed by atoms with Crippen molar-refractivity contribution in [1.29, 1.82) is 0 Å². The first-order valence-electron chi connectivity index (χ1n) is 8.86. The van der Waals surface area contributed by atoms with Crippen LogP contribution in [0, 0.1) is 12.8 Å². The summed E-state index contributed by atoms with van der Waals surface area (Å²) in [6, 6.07) is 7.99. The zero-order valence-electron chi connectivity index (χ0n) is 14.7. The number of benzene rings is 1. The van der Waals surface area contributed by atoms with Gasteiger partial charge in [0.2, 0.25) is 0 Å². The molecule has 25 heavy (non-hydrogen) atoms. The number of carbonyl (C=O) groups is 1. The molecule has 1 aromatic heterocycles. The summed E-state index contributed by atoms with van der Waals surface area (Å²) in [5, 5.41) is 3.17. The van der Waals surface area contributed by atoms with Crippen LogP contribution in [0.15, 0.2) is 36.7 Å². The van der Waals surface area contributed by atoms with Crippen molar-refractivity contribution in [2.75, 3.05) is 13.1 Å². The maximum atomic E-state index is 12.5. The normalized spacial score (nSPS) is 18.6. The number of carbonyl (C=O) groups excluding carboxylic acids is 1. The molecule has 0 spiro atoms. The lowest BCUT2D eigenvalue weighted by atomic mass is 10.1. The van der Waals surface area contributed by atoms with Gasteiger partial charge in [-0.1, -0.05) is 12.1 Å². The topological polar surface area (TPSA) is 59.4 Å². The molecule has 1 saturated carbocycles. The standard InChI is InChI=1S/C19H24N4O2/c1-13-4-3-5-15(10-13)25-16-11-23(12-16)19(24)21-17(14-6-7-14)18-20-8-9-22(18)2/h3-5,8-10,14,16-17H,6-7,11-12H2,1-2H3,(H,21,24)/t17-/m1/s1. The Balaban J connectivity index is 1.31. The van der Waals surface area contributed by atoms with E-state index in [-0.39, 0.29) is 18.2 Å². The molecule has 6 heteroatoms. The number of likely N-dealkylation sites (tertiary alicyclic amines) is 1. The van der Waals surface area contributed by atoms with Gasteiger partial charge in [0.1, 0.15) is 17.7 Å². The third kappa shape index (κ3) is 3.48. The van der Waals surface area contributed by atoms with Crippen molar-refractivity contribution in [3.63, 3.8) is 0 Å². The Hall–Kier alpha value is -2.50. The van der Waals surface area contributed by atoms with Crippen molar-refractivity contribution in [2.45, 2.75) is 31.9 Å². The van der Waals surface area contributed by atoms with Crippen LogP contribution in [0.3, 0.4) is 0 Å². The molecule has 0 unspecified atom stereocenters. The summed E-state index contributed by atoms with van der Waals surface area (Å²) in [6.07, 6.45) is 6.08. The molecule has 1 aliphatic heterocycles. The first kappa shape index (κ1) is 16.0. The predicted molar refractivity (Wildman–Crippen MR) is 94.4 cm³/mol. The van der Waals surface area contributed by atoms with Crippen LogP contribution in [0.1, 0.15) is 30.3 Å². The molecule has 0 radical (unpaired) electrons. The van der Waals surface area contributed by atoms with E-state index in [1.54, 1.807) is 11.1 Å². The third-order valence-corrected chi connectivity index (χ3v) is 4.94. The molecule has 2 heterocycles. The SMILES string of the molecule is Cc1cccc(OC2CN(C(=O)N[C@@H](c3nccn3C)C3CC3)C2)c1. The van der Waals surface area contributed by atoms with Gasteiger partial charge in [0.25, 0.3) is 0 Å². The number of rotatable bonds is 5. The summed E-state index contributed by atoms with van der Waals surface area (Å²) >= 11 is 0. The van der Waals surface area contributed by atoms with Crippen molar-refractivity contribution >= 4 is 6.03 Å². The van der Waals surface area contributed by atoms with E-state index in [1.165, 1.54) is 5.56 Å². The van der Waals surface area contributed by atoms with Gasteiger partial charge in [-0.25, -0.2) is 9.78 Å². The number of aromatic nitrogens is 2. The second-order valence-corrected chi connectivity index (χ2v) is 7.12. The van der Waals surface area contributed by atoms with Crippen LogP contribution in [-0.4, -0.2) is 39.7 Å². The van der Waals surface area contributed by atoms with Gasteiger partial charge in [0.05, 0.1) is 19.1 Å². The van der Waals surface area contributed by atoms with E-state index in [0.29, 0.717) is 19.0 Å². The molecule has 1 aromatic carbocycles. The van der Waals surface area contributed by atoms with E-state index >= 15 is 0 Å². The highest BCUT2D eigenvalue weighted by molar-refractivity contribution is 5.75. The second-order valence-electron chi connectivity index (χ2n) is 7.12. The van der Waals surface area contributed by atoms with Crippen molar-refractivity contribution in [3.05, 3.63) is 48.0 Å². The fourth-order valence-corrected chi connectivity index (χ4v) is 3.28. The highest BCUT2D eigenvalue weighted by Crippen LogP contribution is 2.40. The van der Waals surface area contributed by atoms with E-state index in [2.05, 4.69) is 10.3 Å². The fourth-order valence-electron chi connectivity index (χ4n) is 3.28. The average Bonchev–Trinajstić information content (AvgIpc) is 3.30. The van der Waals surface area contributed by atoms with Crippen molar-refractivity contribution in [1.82, 2.24) is 19.8 Å². The smallest absolute Gasteiger partial charge is 0.318 e. The van der Waals surface area contributed by atoms with Crippen molar-refractivity contribution in [2.24, 2.45) is 13.0 Å². The first-order valence-corrected chi connectivity index (χ1v) is 8.86. The molecule has 6 nitrogen and oxygen atoms in total. The number of urea groups is 1. The van der Waals surface area contributed by atoms with E-state index in [4.69, 9.17) is 4.74 Å². The van der Waals surface area contributed by atoms with Crippen LogP contribution in [0.4, 0.5) is 4.79 Å². The van der Waals surface area contributed by atoms with Crippen LogP contribution in [0.5, 0.6) is 5.75 Å². The maximum Gasteiger partial charge on any atom is 0.318 e. The first-order chi connectivity index (χ1) is 12.1. The van der Waals surface area contributed by atoms with Crippen LogP contribution in [0.2, 0.25) is 0 Å². The molecule has 4 rings (SSSR count). The number of hydrogen-bond donors (Lipinski definition) is 1. The lowest BCUT2D eigenvalue weighted by Crippen LogP contribution is -2.59. The monoisotopic (exact) mass is 340 g/mol. The Morgan fingerprint density at radius 3 is 2.80 bits per heavy atom. The molecule has 2 amide bonds. The third-order valence-electron chi connectivity index (χ3n) is 4.94. The molecule has 1 N–H and O–H groups in total. The maximum absolute atomic E-state index is 12.5. The summed E-state index contributed by atoms with van der Waals surface area (Å²) in [6.45, 7) is 3.29. The van der Waals surface area contributed by atoms with Gasteiger partial charge in [0, 0.05) is 19.4 Å². The molecular formula is C19H24N4O2. The van der Waals surface area contributed by atoms with Gasteiger partial charge in [-0.05, 0) is 43.4 Å². The van der Waals surface area contributed by atoms with Crippen LogP contribution >= 0.6 is 0 Å². The lowest BCUT2D eigenvalue weighted by molar-refractivity contribution is 0.0429. The Morgan fingerprint density at radius 2 is 2.16 bits per heavy atom. The van der Waals surface area contributed by atoms with Crippen molar-refractivity contribution in [3.8, 4) is 5.75 Å². The van der Waals surface area contributed by atoms with E-state index < -0.39 is 0 Å². The second kappa shape index (κ2) is 6.43. The number of aryl methyl sites for hydroxylation is 2. The zero-order valence-corrected chi connectivity index (χ0v) is 14.7. The fraction of sp³-hybridized carbons (Fsp3) is 0.474. The largest absolute Gasteiger partial charge is 0.487 e.